The van der Waals surface area contributed by atoms with Crippen molar-refractivity contribution in [3.8, 4) is 0 Å². The lowest BCUT2D eigenvalue weighted by Crippen LogP contribution is -2.23. The maximum atomic E-state index is 10.7. The lowest BCUT2D eigenvalue weighted by Gasteiger charge is -2.17. The van der Waals surface area contributed by atoms with Crippen LogP contribution in [0.5, 0.6) is 0 Å². The van der Waals surface area contributed by atoms with E-state index in [1.165, 1.54) is 12.1 Å². The van der Waals surface area contributed by atoms with Gasteiger partial charge in [-0.1, -0.05) is 23.7 Å². The van der Waals surface area contributed by atoms with Gasteiger partial charge in [-0.15, -0.1) is 0 Å². The summed E-state index contributed by atoms with van der Waals surface area (Å²) in [5.74, 6) is 0. The van der Waals surface area contributed by atoms with E-state index in [0.29, 0.717) is 6.29 Å². The van der Waals surface area contributed by atoms with Gasteiger partial charge >= 0.3 is 0 Å². The van der Waals surface area contributed by atoms with E-state index in [2.05, 4.69) is 0 Å². The number of hydrogen-bond acceptors (Lipinski definition) is 4. The molecular formula is C10H11ClO4. The molecule has 0 aliphatic carbocycles. The molecule has 3 N–H and O–H groups in total. The van der Waals surface area contributed by atoms with Crippen molar-refractivity contribution in [1.82, 2.24) is 0 Å². The van der Waals surface area contributed by atoms with Crippen molar-refractivity contribution in [2.45, 2.75) is 12.2 Å². The fourth-order valence-corrected chi connectivity index (χ4v) is 1.47. The normalized spacial score (nSPS) is 14.7. The molecule has 0 saturated carbocycles. The van der Waals surface area contributed by atoms with Crippen LogP contribution in [-0.4, -0.2) is 34.3 Å². The van der Waals surface area contributed by atoms with Crippen LogP contribution in [-0.2, 0) is 0 Å². The van der Waals surface area contributed by atoms with Crippen molar-refractivity contribution in [3.63, 3.8) is 0 Å². The van der Waals surface area contributed by atoms with E-state index >= 15 is 0 Å². The van der Waals surface area contributed by atoms with Crippen LogP contribution in [0, 0.1) is 0 Å². The minimum Gasteiger partial charge on any atom is -0.394 e. The van der Waals surface area contributed by atoms with Crippen LogP contribution in [0.3, 0.4) is 0 Å². The van der Waals surface area contributed by atoms with Gasteiger partial charge in [0.1, 0.15) is 12.2 Å². The molecule has 15 heavy (non-hydrogen) atoms. The predicted octanol–water partition coefficient (Wildman–Crippen LogP) is 0.539. The fourth-order valence-electron chi connectivity index (χ4n) is 1.24. The van der Waals surface area contributed by atoms with E-state index in [4.69, 9.17) is 16.7 Å². The first-order valence-corrected chi connectivity index (χ1v) is 4.70. The molecule has 5 heteroatoms. The summed E-state index contributed by atoms with van der Waals surface area (Å²) in [6.45, 7) is -0.591. The quantitative estimate of drug-likeness (QED) is 0.660. The zero-order valence-corrected chi connectivity index (χ0v) is 8.55. The second-order valence-electron chi connectivity index (χ2n) is 3.06. The number of benzene rings is 1. The highest BCUT2D eigenvalue weighted by Crippen LogP contribution is 2.25. The Balaban J connectivity index is 3.13. The molecule has 0 radical (unpaired) electrons. The summed E-state index contributed by atoms with van der Waals surface area (Å²) in [4.78, 5) is 10.7. The maximum Gasteiger partial charge on any atom is 0.151 e. The summed E-state index contributed by atoms with van der Waals surface area (Å²) < 4.78 is 0. The Labute approximate surface area is 91.7 Å². The van der Waals surface area contributed by atoms with Gasteiger partial charge in [0.05, 0.1) is 11.6 Å². The van der Waals surface area contributed by atoms with Gasteiger partial charge in [0.25, 0.3) is 0 Å². The Hall–Kier alpha value is -0.940. The smallest absolute Gasteiger partial charge is 0.151 e. The van der Waals surface area contributed by atoms with Gasteiger partial charge in [-0.25, -0.2) is 0 Å². The van der Waals surface area contributed by atoms with Crippen LogP contribution >= 0.6 is 11.6 Å². The molecule has 1 aromatic carbocycles. The SMILES string of the molecule is O=Cc1c(Cl)cccc1C(O)C(O)CO. The molecule has 0 fully saturated rings. The Morgan fingerprint density at radius 1 is 1.40 bits per heavy atom. The van der Waals surface area contributed by atoms with Crippen molar-refractivity contribution in [1.29, 1.82) is 0 Å². The molecule has 0 spiro atoms. The highest BCUT2D eigenvalue weighted by Gasteiger charge is 2.21. The zero-order valence-electron chi connectivity index (χ0n) is 7.80. The molecule has 0 bridgehead atoms. The topological polar surface area (TPSA) is 77.8 Å². The van der Waals surface area contributed by atoms with E-state index in [0.717, 1.165) is 0 Å². The summed E-state index contributed by atoms with van der Waals surface area (Å²) in [5.41, 5.74) is 0.332. The van der Waals surface area contributed by atoms with Crippen molar-refractivity contribution in [2.24, 2.45) is 0 Å². The van der Waals surface area contributed by atoms with Crippen LogP contribution < -0.4 is 0 Å². The van der Waals surface area contributed by atoms with E-state index in [9.17, 15) is 15.0 Å². The number of aliphatic hydroxyl groups is 3. The Morgan fingerprint density at radius 2 is 2.07 bits per heavy atom. The average Bonchev–Trinajstić information content (AvgIpc) is 2.26. The Morgan fingerprint density at radius 3 is 2.60 bits per heavy atom. The van der Waals surface area contributed by atoms with Gasteiger partial charge in [0.2, 0.25) is 0 Å². The van der Waals surface area contributed by atoms with E-state index < -0.39 is 18.8 Å². The zero-order chi connectivity index (χ0) is 11.4. The Bertz CT molecular complexity index is 353. The van der Waals surface area contributed by atoms with Gasteiger partial charge in [-0.05, 0) is 11.6 Å². The van der Waals surface area contributed by atoms with E-state index in [-0.39, 0.29) is 16.1 Å². The molecule has 0 heterocycles. The minimum absolute atomic E-state index is 0.124. The number of aliphatic hydroxyl groups excluding tert-OH is 3. The molecule has 0 aliphatic heterocycles. The number of carbonyl (C=O) groups excluding carboxylic acids is 1. The summed E-state index contributed by atoms with van der Waals surface area (Å²) in [5, 5.41) is 27.7. The van der Waals surface area contributed by atoms with Gasteiger partial charge in [-0.3, -0.25) is 4.79 Å². The van der Waals surface area contributed by atoms with E-state index in [1.807, 2.05) is 0 Å². The fraction of sp³-hybridized carbons (Fsp3) is 0.300. The average molecular weight is 231 g/mol. The third-order valence-corrected chi connectivity index (χ3v) is 2.40. The number of rotatable bonds is 4. The third-order valence-electron chi connectivity index (χ3n) is 2.07. The summed E-state index contributed by atoms with van der Waals surface area (Å²) in [7, 11) is 0. The molecule has 0 saturated heterocycles. The summed E-state index contributed by atoms with van der Waals surface area (Å²) in [6, 6.07) is 4.53. The molecule has 1 rings (SSSR count). The monoisotopic (exact) mass is 230 g/mol. The van der Waals surface area contributed by atoms with Crippen molar-refractivity contribution >= 4 is 17.9 Å². The first-order valence-electron chi connectivity index (χ1n) is 4.32. The molecular weight excluding hydrogens is 220 g/mol. The molecule has 82 valence electrons. The second kappa shape index (κ2) is 5.23. The van der Waals surface area contributed by atoms with Crippen LogP contribution in [0.25, 0.3) is 0 Å². The van der Waals surface area contributed by atoms with Crippen molar-refractivity contribution < 1.29 is 20.1 Å². The van der Waals surface area contributed by atoms with Gasteiger partial charge in [-0.2, -0.15) is 0 Å². The summed E-state index contributed by atoms with van der Waals surface area (Å²) >= 11 is 5.73. The molecule has 4 nitrogen and oxygen atoms in total. The number of halogens is 1. The number of hydrogen-bond donors (Lipinski definition) is 3. The number of carbonyl (C=O) groups is 1. The molecule has 2 unspecified atom stereocenters. The first kappa shape index (κ1) is 12.1. The van der Waals surface area contributed by atoms with Crippen LogP contribution in [0.4, 0.5) is 0 Å². The molecule has 0 aromatic heterocycles. The molecule has 0 amide bonds. The highest BCUT2D eigenvalue weighted by atomic mass is 35.5. The first-order chi connectivity index (χ1) is 7.11. The minimum atomic E-state index is -1.33. The van der Waals surface area contributed by atoms with Crippen LogP contribution in [0.15, 0.2) is 18.2 Å². The van der Waals surface area contributed by atoms with E-state index in [1.54, 1.807) is 6.07 Å². The predicted molar refractivity (Wildman–Crippen MR) is 54.9 cm³/mol. The van der Waals surface area contributed by atoms with Gasteiger partial charge < -0.3 is 15.3 Å². The highest BCUT2D eigenvalue weighted by molar-refractivity contribution is 6.33. The largest absolute Gasteiger partial charge is 0.394 e. The van der Waals surface area contributed by atoms with Gasteiger partial charge in [0.15, 0.2) is 6.29 Å². The lowest BCUT2D eigenvalue weighted by molar-refractivity contribution is -0.0154. The second-order valence-corrected chi connectivity index (χ2v) is 3.46. The summed E-state index contributed by atoms with van der Waals surface area (Å²) in [6.07, 6.45) is -2.15. The molecule has 1 aromatic rings. The van der Waals surface area contributed by atoms with Gasteiger partial charge in [0, 0.05) is 5.56 Å². The maximum absolute atomic E-state index is 10.7. The Kier molecular flexibility index (Phi) is 4.23. The lowest BCUT2D eigenvalue weighted by atomic mass is 9.99. The van der Waals surface area contributed by atoms with Crippen LogP contribution in [0.1, 0.15) is 22.0 Å². The van der Waals surface area contributed by atoms with Crippen molar-refractivity contribution in [3.05, 3.63) is 34.3 Å². The van der Waals surface area contributed by atoms with Crippen LogP contribution in [0.2, 0.25) is 5.02 Å². The molecule has 0 aliphatic rings. The van der Waals surface area contributed by atoms with Crippen molar-refractivity contribution in [2.75, 3.05) is 6.61 Å². The third kappa shape index (κ3) is 2.54. The standard InChI is InChI=1S/C10H11ClO4/c11-8-3-1-2-6(7(8)4-12)10(15)9(14)5-13/h1-4,9-10,13-15H,5H2. The number of aldehydes is 1. The molecule has 2 atom stereocenters.